The minimum Gasteiger partial charge on any atom is -0.309 e. The number of hydrogen-bond donors (Lipinski definition) is 1. The van der Waals surface area contributed by atoms with Crippen LogP contribution in [0.1, 0.15) is 35.4 Å². The van der Waals surface area contributed by atoms with Gasteiger partial charge in [-0.1, -0.05) is 31.2 Å². The van der Waals surface area contributed by atoms with Gasteiger partial charge in [0, 0.05) is 10.9 Å². The SMILES string of the molecule is CCNC(c1ccc(Br)s1)C1CCc2ccccc2C1. The van der Waals surface area contributed by atoms with Crippen LogP contribution in [0, 0.1) is 5.92 Å². The first kappa shape index (κ1) is 14.3. The summed E-state index contributed by atoms with van der Waals surface area (Å²) in [6.45, 7) is 3.23. The number of rotatable bonds is 4. The summed E-state index contributed by atoms with van der Waals surface area (Å²) < 4.78 is 1.23. The average molecular weight is 350 g/mol. The van der Waals surface area contributed by atoms with Gasteiger partial charge in [0.1, 0.15) is 0 Å². The third-order valence-corrected chi connectivity index (χ3v) is 5.89. The monoisotopic (exact) mass is 349 g/mol. The molecule has 1 aliphatic rings. The van der Waals surface area contributed by atoms with Crippen LogP contribution < -0.4 is 5.32 Å². The van der Waals surface area contributed by atoms with Crippen LogP contribution in [0.4, 0.5) is 0 Å². The first-order chi connectivity index (χ1) is 9.78. The fourth-order valence-corrected chi connectivity index (χ4v) is 4.82. The second-order valence-electron chi connectivity index (χ2n) is 5.45. The number of aryl methyl sites for hydroxylation is 1. The van der Waals surface area contributed by atoms with Gasteiger partial charge in [0.05, 0.1) is 3.79 Å². The van der Waals surface area contributed by atoms with Crippen molar-refractivity contribution >= 4 is 27.3 Å². The number of halogens is 1. The Bertz CT molecular complexity index is 578. The maximum atomic E-state index is 3.70. The predicted octanol–water partition coefficient (Wildman–Crippen LogP) is 4.97. The Balaban J connectivity index is 1.83. The molecule has 3 rings (SSSR count). The van der Waals surface area contributed by atoms with Gasteiger partial charge in [-0.2, -0.15) is 0 Å². The van der Waals surface area contributed by atoms with Crippen LogP contribution in [-0.4, -0.2) is 6.54 Å². The standard InChI is InChI=1S/C17H20BrNS/c1-2-19-17(15-9-10-16(18)20-15)14-8-7-12-5-3-4-6-13(12)11-14/h3-6,9-10,14,17,19H,2,7-8,11H2,1H3. The Morgan fingerprint density at radius 3 is 2.75 bits per heavy atom. The molecule has 1 aliphatic carbocycles. The summed E-state index contributed by atoms with van der Waals surface area (Å²) in [6, 6.07) is 13.8. The maximum Gasteiger partial charge on any atom is 0.0701 e. The molecule has 1 nitrogen and oxygen atoms in total. The molecule has 0 spiro atoms. The highest BCUT2D eigenvalue weighted by atomic mass is 79.9. The summed E-state index contributed by atoms with van der Waals surface area (Å²) in [5.74, 6) is 0.704. The summed E-state index contributed by atoms with van der Waals surface area (Å²) in [7, 11) is 0. The summed E-state index contributed by atoms with van der Waals surface area (Å²) in [6.07, 6.45) is 3.70. The van der Waals surface area contributed by atoms with Gasteiger partial charge >= 0.3 is 0 Å². The zero-order chi connectivity index (χ0) is 13.9. The average Bonchev–Trinajstić information content (AvgIpc) is 2.90. The number of benzene rings is 1. The molecule has 1 heterocycles. The quantitative estimate of drug-likeness (QED) is 0.821. The van der Waals surface area contributed by atoms with Crippen molar-refractivity contribution in [3.8, 4) is 0 Å². The van der Waals surface area contributed by atoms with Crippen LogP contribution >= 0.6 is 27.3 Å². The minimum absolute atomic E-state index is 0.490. The van der Waals surface area contributed by atoms with Gasteiger partial charge in [0.15, 0.2) is 0 Å². The molecule has 0 fully saturated rings. The van der Waals surface area contributed by atoms with Crippen molar-refractivity contribution in [3.63, 3.8) is 0 Å². The summed E-state index contributed by atoms with van der Waals surface area (Å²) in [5.41, 5.74) is 3.09. The molecule has 1 N–H and O–H groups in total. The molecule has 0 bridgehead atoms. The Kier molecular flexibility index (Phi) is 4.59. The molecular weight excluding hydrogens is 330 g/mol. The number of fused-ring (bicyclic) bond motifs is 1. The fraction of sp³-hybridized carbons (Fsp3) is 0.412. The normalized spacial score (nSPS) is 19.6. The molecule has 20 heavy (non-hydrogen) atoms. The van der Waals surface area contributed by atoms with Gasteiger partial charge in [-0.25, -0.2) is 0 Å². The molecule has 0 saturated heterocycles. The van der Waals surface area contributed by atoms with E-state index in [-0.39, 0.29) is 0 Å². The van der Waals surface area contributed by atoms with Crippen molar-refractivity contribution < 1.29 is 0 Å². The molecule has 0 radical (unpaired) electrons. The highest BCUT2D eigenvalue weighted by Crippen LogP contribution is 2.37. The molecule has 0 aliphatic heterocycles. The predicted molar refractivity (Wildman–Crippen MR) is 90.4 cm³/mol. The molecule has 2 unspecified atom stereocenters. The number of thiophene rings is 1. The van der Waals surface area contributed by atoms with E-state index in [0.717, 1.165) is 6.54 Å². The first-order valence-electron chi connectivity index (χ1n) is 7.33. The molecule has 1 aromatic heterocycles. The van der Waals surface area contributed by atoms with Crippen LogP contribution in [0.25, 0.3) is 0 Å². The lowest BCUT2D eigenvalue weighted by Gasteiger charge is -2.31. The van der Waals surface area contributed by atoms with Gasteiger partial charge < -0.3 is 5.32 Å². The largest absolute Gasteiger partial charge is 0.309 e. The Labute approximate surface area is 133 Å². The van der Waals surface area contributed by atoms with Crippen molar-refractivity contribution in [2.24, 2.45) is 5.92 Å². The van der Waals surface area contributed by atoms with E-state index < -0.39 is 0 Å². The van der Waals surface area contributed by atoms with Crippen LogP contribution in [0.5, 0.6) is 0 Å². The van der Waals surface area contributed by atoms with Crippen LogP contribution in [0.3, 0.4) is 0 Å². The molecule has 0 amide bonds. The van der Waals surface area contributed by atoms with E-state index in [1.165, 1.54) is 27.9 Å². The maximum absolute atomic E-state index is 3.70. The molecule has 2 aromatic rings. The van der Waals surface area contributed by atoms with Crippen LogP contribution in [0.2, 0.25) is 0 Å². The summed E-state index contributed by atoms with van der Waals surface area (Å²) in [4.78, 5) is 1.46. The molecule has 1 aromatic carbocycles. The second kappa shape index (κ2) is 6.42. The van der Waals surface area contributed by atoms with Crippen molar-refractivity contribution in [2.75, 3.05) is 6.54 Å². The Hall–Kier alpha value is -0.640. The van der Waals surface area contributed by atoms with E-state index >= 15 is 0 Å². The minimum atomic E-state index is 0.490. The summed E-state index contributed by atoms with van der Waals surface area (Å²) >= 11 is 5.46. The van der Waals surface area contributed by atoms with Gasteiger partial charge in [0.2, 0.25) is 0 Å². The highest BCUT2D eigenvalue weighted by Gasteiger charge is 2.27. The third kappa shape index (κ3) is 3.00. The van der Waals surface area contributed by atoms with E-state index in [4.69, 9.17) is 0 Å². The van der Waals surface area contributed by atoms with Gasteiger partial charge in [0.25, 0.3) is 0 Å². The van der Waals surface area contributed by atoms with Crippen LogP contribution in [-0.2, 0) is 12.8 Å². The highest BCUT2D eigenvalue weighted by molar-refractivity contribution is 9.11. The van der Waals surface area contributed by atoms with Gasteiger partial charge in [-0.15, -0.1) is 11.3 Å². The van der Waals surface area contributed by atoms with Crippen molar-refractivity contribution in [1.29, 1.82) is 0 Å². The van der Waals surface area contributed by atoms with Crippen molar-refractivity contribution in [3.05, 3.63) is 56.2 Å². The molecule has 106 valence electrons. The smallest absolute Gasteiger partial charge is 0.0701 e. The van der Waals surface area contributed by atoms with Gasteiger partial charge in [-0.3, -0.25) is 0 Å². The molecule has 3 heteroatoms. The molecular formula is C17H20BrNS. The van der Waals surface area contributed by atoms with Crippen molar-refractivity contribution in [2.45, 2.75) is 32.2 Å². The second-order valence-corrected chi connectivity index (χ2v) is 7.94. The Morgan fingerprint density at radius 1 is 1.25 bits per heavy atom. The summed E-state index contributed by atoms with van der Waals surface area (Å²) in [5, 5.41) is 3.70. The van der Waals surface area contributed by atoms with Crippen molar-refractivity contribution in [1.82, 2.24) is 5.32 Å². The van der Waals surface area contributed by atoms with E-state index in [1.807, 2.05) is 11.3 Å². The van der Waals surface area contributed by atoms with Crippen LogP contribution in [0.15, 0.2) is 40.2 Å². The first-order valence-corrected chi connectivity index (χ1v) is 8.94. The number of hydrogen-bond acceptors (Lipinski definition) is 2. The van der Waals surface area contributed by atoms with E-state index in [2.05, 4.69) is 64.6 Å². The van der Waals surface area contributed by atoms with E-state index in [0.29, 0.717) is 12.0 Å². The molecule has 2 atom stereocenters. The zero-order valence-electron chi connectivity index (χ0n) is 11.7. The lowest BCUT2D eigenvalue weighted by atomic mass is 9.79. The lowest BCUT2D eigenvalue weighted by Crippen LogP contribution is -2.31. The zero-order valence-corrected chi connectivity index (χ0v) is 14.1. The Morgan fingerprint density at radius 2 is 2.05 bits per heavy atom. The lowest BCUT2D eigenvalue weighted by molar-refractivity contribution is 0.334. The van der Waals surface area contributed by atoms with E-state index in [9.17, 15) is 0 Å². The van der Waals surface area contributed by atoms with Gasteiger partial charge in [-0.05, 0) is 70.9 Å². The van der Waals surface area contributed by atoms with E-state index in [1.54, 1.807) is 11.1 Å². The number of nitrogens with one attached hydrogen (secondary N) is 1. The molecule has 0 saturated carbocycles. The topological polar surface area (TPSA) is 12.0 Å². The fourth-order valence-electron chi connectivity index (χ4n) is 3.23. The third-order valence-electron chi connectivity index (χ3n) is 4.18.